The normalized spacial score (nSPS) is 17.1. The van der Waals surface area contributed by atoms with Gasteiger partial charge in [-0.1, -0.05) is 23.2 Å². The van der Waals surface area contributed by atoms with Crippen LogP contribution in [0.3, 0.4) is 0 Å². The van der Waals surface area contributed by atoms with E-state index in [0.29, 0.717) is 16.5 Å². The van der Waals surface area contributed by atoms with Crippen molar-refractivity contribution in [2.45, 2.75) is 18.9 Å². The van der Waals surface area contributed by atoms with E-state index in [0.717, 1.165) is 12.8 Å². The van der Waals surface area contributed by atoms with Gasteiger partial charge in [0.15, 0.2) is 0 Å². The average Bonchev–Trinajstić information content (AvgIpc) is 2.95. The molecule has 1 saturated carbocycles. The molecule has 84 valence electrons. The Labute approximate surface area is 104 Å². The van der Waals surface area contributed by atoms with Crippen LogP contribution in [0, 0.1) is 11.7 Å². The first kappa shape index (κ1) is 13.0. The highest BCUT2D eigenvalue weighted by molar-refractivity contribution is 6.33. The van der Waals surface area contributed by atoms with E-state index in [1.807, 2.05) is 0 Å². The molecule has 5 heteroatoms. The summed E-state index contributed by atoms with van der Waals surface area (Å²) in [5, 5.41) is 0.451. The first-order valence-electron chi connectivity index (χ1n) is 4.50. The van der Waals surface area contributed by atoms with Crippen LogP contribution in [0.15, 0.2) is 12.1 Å². The van der Waals surface area contributed by atoms with E-state index in [1.54, 1.807) is 6.07 Å². The summed E-state index contributed by atoms with van der Waals surface area (Å²) in [5.41, 5.74) is 6.25. The van der Waals surface area contributed by atoms with E-state index in [1.165, 1.54) is 6.07 Å². The third kappa shape index (κ3) is 2.56. The van der Waals surface area contributed by atoms with Gasteiger partial charge in [0, 0.05) is 16.6 Å². The van der Waals surface area contributed by atoms with Crippen LogP contribution in [0.1, 0.15) is 24.4 Å². The molecule has 0 unspecified atom stereocenters. The van der Waals surface area contributed by atoms with E-state index in [2.05, 4.69) is 0 Å². The molecule has 1 aliphatic carbocycles. The number of rotatable bonds is 2. The number of hydrogen-bond acceptors (Lipinski definition) is 1. The lowest BCUT2D eigenvalue weighted by Gasteiger charge is -2.14. The quantitative estimate of drug-likeness (QED) is 0.809. The van der Waals surface area contributed by atoms with Gasteiger partial charge in [-0.2, -0.15) is 0 Å². The standard InChI is InChI=1S/C10H10Cl2FN.ClH/c11-6-3-4-7(12)9(13)8(6)10(14)5-1-2-5;/h3-5,10H,1-2,14H2;1H/t10-;/m1./s1. The van der Waals surface area contributed by atoms with Gasteiger partial charge in [0.05, 0.1) is 5.02 Å². The second-order valence-corrected chi connectivity index (χ2v) is 4.43. The Morgan fingerprint density at radius 3 is 2.33 bits per heavy atom. The van der Waals surface area contributed by atoms with Crippen LogP contribution in [-0.4, -0.2) is 0 Å². The molecule has 0 aliphatic heterocycles. The molecule has 1 atom stereocenters. The lowest BCUT2D eigenvalue weighted by atomic mass is 10.0. The highest BCUT2D eigenvalue weighted by Gasteiger charge is 2.32. The van der Waals surface area contributed by atoms with Crippen LogP contribution in [0.2, 0.25) is 10.0 Å². The average molecular weight is 271 g/mol. The molecule has 0 radical (unpaired) electrons. The maximum atomic E-state index is 13.6. The van der Waals surface area contributed by atoms with Crippen molar-refractivity contribution >= 4 is 35.6 Å². The molecule has 0 spiro atoms. The van der Waals surface area contributed by atoms with Crippen molar-refractivity contribution in [3.8, 4) is 0 Å². The fourth-order valence-electron chi connectivity index (χ4n) is 1.54. The summed E-state index contributed by atoms with van der Waals surface area (Å²) < 4.78 is 13.6. The molecular formula is C10H11Cl3FN. The van der Waals surface area contributed by atoms with Gasteiger partial charge in [0.1, 0.15) is 5.82 Å². The van der Waals surface area contributed by atoms with Crippen molar-refractivity contribution in [3.63, 3.8) is 0 Å². The molecule has 2 rings (SSSR count). The summed E-state index contributed by atoms with van der Waals surface area (Å²) in [6, 6.07) is 2.72. The molecule has 0 aromatic heterocycles. The minimum atomic E-state index is -0.474. The molecule has 0 heterocycles. The van der Waals surface area contributed by atoms with Gasteiger partial charge in [-0.3, -0.25) is 0 Å². The highest BCUT2D eigenvalue weighted by Crippen LogP contribution is 2.43. The first-order chi connectivity index (χ1) is 6.61. The SMILES string of the molecule is Cl.N[C@@H](c1c(Cl)ccc(Cl)c1F)C1CC1. The van der Waals surface area contributed by atoms with Gasteiger partial charge in [0.2, 0.25) is 0 Å². The summed E-state index contributed by atoms with van der Waals surface area (Å²) in [6.45, 7) is 0. The number of hydrogen-bond donors (Lipinski definition) is 1. The van der Waals surface area contributed by atoms with E-state index in [9.17, 15) is 4.39 Å². The molecule has 2 N–H and O–H groups in total. The van der Waals surface area contributed by atoms with E-state index < -0.39 is 5.82 Å². The second kappa shape index (κ2) is 4.88. The van der Waals surface area contributed by atoms with Crippen LogP contribution in [0.5, 0.6) is 0 Å². The summed E-state index contributed by atoms with van der Waals surface area (Å²) in [5.74, 6) is -0.112. The van der Waals surface area contributed by atoms with Crippen LogP contribution < -0.4 is 5.73 Å². The van der Waals surface area contributed by atoms with Gasteiger partial charge in [-0.25, -0.2) is 4.39 Å². The smallest absolute Gasteiger partial charge is 0.148 e. The molecule has 15 heavy (non-hydrogen) atoms. The largest absolute Gasteiger partial charge is 0.324 e. The fraction of sp³-hybridized carbons (Fsp3) is 0.400. The van der Waals surface area contributed by atoms with Gasteiger partial charge >= 0.3 is 0 Å². The molecule has 0 amide bonds. The van der Waals surface area contributed by atoms with Crippen molar-refractivity contribution in [1.29, 1.82) is 0 Å². The topological polar surface area (TPSA) is 26.0 Å². The van der Waals surface area contributed by atoms with Gasteiger partial charge < -0.3 is 5.73 Å². The minimum Gasteiger partial charge on any atom is -0.324 e. The maximum absolute atomic E-state index is 13.6. The Morgan fingerprint density at radius 1 is 1.27 bits per heavy atom. The van der Waals surface area contributed by atoms with Crippen LogP contribution >= 0.6 is 35.6 Å². The number of benzene rings is 1. The minimum absolute atomic E-state index is 0. The van der Waals surface area contributed by atoms with Crippen molar-refractivity contribution < 1.29 is 4.39 Å². The third-order valence-corrected chi connectivity index (χ3v) is 3.16. The maximum Gasteiger partial charge on any atom is 0.148 e. The van der Waals surface area contributed by atoms with E-state index in [4.69, 9.17) is 28.9 Å². The zero-order valence-corrected chi connectivity index (χ0v) is 10.2. The van der Waals surface area contributed by atoms with Crippen molar-refractivity contribution in [3.05, 3.63) is 33.6 Å². The molecule has 0 bridgehead atoms. The molecule has 1 fully saturated rings. The number of halogens is 4. The monoisotopic (exact) mass is 269 g/mol. The van der Waals surface area contributed by atoms with E-state index >= 15 is 0 Å². The van der Waals surface area contributed by atoms with Gasteiger partial charge in [-0.15, -0.1) is 12.4 Å². The predicted octanol–water partition coefficient (Wildman–Crippen LogP) is 3.96. The third-order valence-electron chi connectivity index (χ3n) is 2.54. The molecule has 1 nitrogen and oxygen atoms in total. The van der Waals surface area contributed by atoms with E-state index in [-0.39, 0.29) is 23.5 Å². The van der Waals surface area contributed by atoms with Gasteiger partial charge in [-0.05, 0) is 30.9 Å². The Balaban J connectivity index is 0.00000112. The molecular weight excluding hydrogens is 259 g/mol. The molecule has 1 aliphatic rings. The van der Waals surface area contributed by atoms with Gasteiger partial charge in [0.25, 0.3) is 0 Å². The molecule has 0 saturated heterocycles. The highest BCUT2D eigenvalue weighted by atomic mass is 35.5. The zero-order chi connectivity index (χ0) is 10.3. The van der Waals surface area contributed by atoms with Crippen LogP contribution in [0.4, 0.5) is 4.39 Å². The lowest BCUT2D eigenvalue weighted by Crippen LogP contribution is -2.15. The summed E-state index contributed by atoms with van der Waals surface area (Å²) in [7, 11) is 0. The fourth-order valence-corrected chi connectivity index (χ4v) is 1.98. The zero-order valence-electron chi connectivity index (χ0n) is 7.84. The van der Waals surface area contributed by atoms with Crippen LogP contribution in [0.25, 0.3) is 0 Å². The summed E-state index contributed by atoms with van der Waals surface area (Å²) >= 11 is 11.6. The second-order valence-electron chi connectivity index (χ2n) is 3.62. The molecule has 1 aromatic carbocycles. The Bertz CT molecular complexity index is 366. The lowest BCUT2D eigenvalue weighted by molar-refractivity contribution is 0.554. The first-order valence-corrected chi connectivity index (χ1v) is 5.26. The van der Waals surface area contributed by atoms with Crippen molar-refractivity contribution in [2.24, 2.45) is 11.7 Å². The Kier molecular flexibility index (Phi) is 4.24. The Hall–Kier alpha value is -0.0200. The van der Waals surface area contributed by atoms with Crippen molar-refractivity contribution in [2.75, 3.05) is 0 Å². The predicted molar refractivity (Wildman–Crippen MR) is 63.3 cm³/mol. The van der Waals surface area contributed by atoms with Crippen molar-refractivity contribution in [1.82, 2.24) is 0 Å². The summed E-state index contributed by atoms with van der Waals surface area (Å²) in [6.07, 6.45) is 2.09. The Morgan fingerprint density at radius 2 is 1.80 bits per heavy atom. The van der Waals surface area contributed by atoms with Crippen LogP contribution in [-0.2, 0) is 0 Å². The molecule has 1 aromatic rings. The summed E-state index contributed by atoms with van der Waals surface area (Å²) in [4.78, 5) is 0. The number of nitrogens with two attached hydrogens (primary N) is 1.